The van der Waals surface area contributed by atoms with Crippen LogP contribution >= 0.6 is 0 Å². The molecule has 1 aliphatic heterocycles. The van der Waals surface area contributed by atoms with E-state index in [9.17, 15) is 9.59 Å². The van der Waals surface area contributed by atoms with E-state index in [2.05, 4.69) is 33.9 Å². The second-order valence-electron chi connectivity index (χ2n) is 10.5. The molecule has 0 amide bonds. The smallest absolute Gasteiger partial charge is 0.187 e. The summed E-state index contributed by atoms with van der Waals surface area (Å²) in [6, 6.07) is 1.97. The second kappa shape index (κ2) is 6.43. The number of methoxy groups -OCH3 is 2. The molecule has 156 valence electrons. The number of ketones is 2. The van der Waals surface area contributed by atoms with E-state index in [1.54, 1.807) is 14.2 Å². The Hall–Kier alpha value is -2.14. The van der Waals surface area contributed by atoms with Gasteiger partial charge in [0.25, 0.3) is 0 Å². The molecule has 0 N–H and O–H groups in total. The molecule has 1 aliphatic carbocycles. The van der Waals surface area contributed by atoms with E-state index < -0.39 is 13.5 Å². The lowest BCUT2D eigenvalue weighted by atomic mass is 9.78. The fourth-order valence-electron chi connectivity index (χ4n) is 4.58. The molecular formula is C24H32O4Si. The van der Waals surface area contributed by atoms with Crippen molar-refractivity contribution in [2.24, 2.45) is 5.41 Å². The van der Waals surface area contributed by atoms with Crippen LogP contribution in [0.25, 0.3) is 5.57 Å². The molecule has 0 radical (unpaired) electrons. The molecule has 1 heterocycles. The van der Waals surface area contributed by atoms with Crippen molar-refractivity contribution in [3.8, 4) is 11.5 Å². The fraction of sp³-hybridized carbons (Fsp3) is 0.500. The van der Waals surface area contributed by atoms with Crippen molar-refractivity contribution in [1.29, 1.82) is 0 Å². The van der Waals surface area contributed by atoms with Gasteiger partial charge in [0.2, 0.25) is 0 Å². The maximum absolute atomic E-state index is 13.6. The summed E-state index contributed by atoms with van der Waals surface area (Å²) in [4.78, 5) is 27.0. The first-order valence-corrected chi connectivity index (χ1v) is 13.0. The Balaban J connectivity index is 2.42. The molecule has 0 saturated heterocycles. The van der Waals surface area contributed by atoms with E-state index in [1.807, 2.05) is 26.8 Å². The molecule has 0 unspecified atom stereocenters. The lowest BCUT2D eigenvalue weighted by Gasteiger charge is -2.31. The quantitative estimate of drug-likeness (QED) is 0.535. The van der Waals surface area contributed by atoms with Crippen molar-refractivity contribution in [3.63, 3.8) is 0 Å². The van der Waals surface area contributed by atoms with Crippen LogP contribution in [0.1, 0.15) is 52.7 Å². The van der Waals surface area contributed by atoms with Crippen molar-refractivity contribution in [2.45, 2.75) is 60.1 Å². The number of rotatable bonds is 2. The zero-order valence-electron chi connectivity index (χ0n) is 19.3. The number of hydrogen-bond donors (Lipinski definition) is 0. The summed E-state index contributed by atoms with van der Waals surface area (Å²) < 4.78 is 11.7. The van der Waals surface area contributed by atoms with E-state index in [1.165, 1.54) is 6.08 Å². The average molecular weight is 413 g/mol. The minimum absolute atomic E-state index is 0.00128. The van der Waals surface area contributed by atoms with Crippen LogP contribution in [0, 0.1) is 5.41 Å². The number of fused-ring (bicyclic) bond motifs is 2. The van der Waals surface area contributed by atoms with Crippen molar-refractivity contribution < 1.29 is 19.1 Å². The van der Waals surface area contributed by atoms with Gasteiger partial charge in [-0.3, -0.25) is 9.59 Å². The largest absolute Gasteiger partial charge is 0.497 e. The maximum Gasteiger partial charge on any atom is 0.187 e. The lowest BCUT2D eigenvalue weighted by Crippen LogP contribution is -2.46. The summed E-state index contributed by atoms with van der Waals surface area (Å²) in [6.07, 6.45) is 1.53. The highest BCUT2D eigenvalue weighted by Crippen LogP contribution is 2.49. The van der Waals surface area contributed by atoms with Crippen LogP contribution in [0.5, 0.6) is 11.5 Å². The first-order chi connectivity index (χ1) is 13.2. The standard InChI is InChI=1S/C24H32O4Si/c1-23(2,3)13-11-15(25)17-18-16(27-7)12-14(24(4,5)6)20(28-8)22(18)29(9,10)21(17)19(13)26/h11-12H,1-10H3. The van der Waals surface area contributed by atoms with Crippen LogP contribution in [0.2, 0.25) is 13.1 Å². The Morgan fingerprint density at radius 3 is 1.93 bits per heavy atom. The van der Waals surface area contributed by atoms with Gasteiger partial charge in [-0.15, -0.1) is 0 Å². The van der Waals surface area contributed by atoms with Gasteiger partial charge in [-0.2, -0.15) is 0 Å². The minimum Gasteiger partial charge on any atom is -0.497 e. The summed E-state index contributed by atoms with van der Waals surface area (Å²) in [7, 11) is 0.778. The first-order valence-electron chi connectivity index (χ1n) is 10.0. The Labute approximate surface area is 175 Å². The second-order valence-corrected chi connectivity index (χ2v) is 14.8. The molecule has 0 fully saturated rings. The molecule has 2 aliphatic rings. The van der Waals surface area contributed by atoms with E-state index in [-0.39, 0.29) is 17.0 Å². The van der Waals surface area contributed by atoms with Gasteiger partial charge < -0.3 is 9.47 Å². The monoisotopic (exact) mass is 412 g/mol. The molecule has 5 heteroatoms. The summed E-state index contributed by atoms with van der Waals surface area (Å²) in [6.45, 7) is 16.6. The van der Waals surface area contributed by atoms with E-state index in [0.29, 0.717) is 22.1 Å². The zero-order chi connectivity index (χ0) is 22.1. The maximum atomic E-state index is 13.6. The molecule has 0 spiro atoms. The SMILES string of the molecule is COc1cc(C(C)(C)C)c(OC)c2c1C1=C(C(=O)C(C(C)(C)C)=CC1=O)[Si]2(C)C. The highest BCUT2D eigenvalue weighted by atomic mass is 28.3. The molecule has 29 heavy (non-hydrogen) atoms. The molecule has 3 rings (SSSR count). The molecule has 4 nitrogen and oxygen atoms in total. The molecule has 1 aromatic carbocycles. The number of carbonyl (C=O) groups is 2. The summed E-state index contributed by atoms with van der Waals surface area (Å²) >= 11 is 0. The third kappa shape index (κ3) is 3.02. The summed E-state index contributed by atoms with van der Waals surface area (Å²) in [5, 5.41) is 1.69. The summed E-state index contributed by atoms with van der Waals surface area (Å²) in [5.74, 6) is 1.33. The molecule has 0 saturated carbocycles. The number of benzene rings is 1. The third-order valence-corrected chi connectivity index (χ3v) is 9.48. The van der Waals surface area contributed by atoms with Crippen LogP contribution < -0.4 is 14.7 Å². The molecule has 1 aromatic rings. The van der Waals surface area contributed by atoms with Gasteiger partial charge in [-0.05, 0) is 28.2 Å². The van der Waals surface area contributed by atoms with Gasteiger partial charge in [0, 0.05) is 27.5 Å². The van der Waals surface area contributed by atoms with Crippen LogP contribution in [-0.2, 0) is 15.0 Å². The molecule has 0 atom stereocenters. The predicted octanol–water partition coefficient (Wildman–Crippen LogP) is 4.35. The van der Waals surface area contributed by atoms with Crippen molar-refractivity contribution >= 4 is 30.4 Å². The third-order valence-electron chi connectivity index (χ3n) is 6.03. The Morgan fingerprint density at radius 1 is 0.897 bits per heavy atom. The fourth-order valence-corrected chi connectivity index (χ4v) is 8.08. The van der Waals surface area contributed by atoms with Gasteiger partial charge in [0.1, 0.15) is 19.6 Å². The van der Waals surface area contributed by atoms with Gasteiger partial charge in [-0.1, -0.05) is 54.6 Å². The van der Waals surface area contributed by atoms with Gasteiger partial charge >= 0.3 is 0 Å². The van der Waals surface area contributed by atoms with Gasteiger partial charge in [-0.25, -0.2) is 0 Å². The minimum atomic E-state index is -2.51. The average Bonchev–Trinajstić information content (AvgIpc) is 2.84. The number of hydrogen-bond acceptors (Lipinski definition) is 4. The van der Waals surface area contributed by atoms with Crippen LogP contribution in [0.15, 0.2) is 22.9 Å². The molecular weight excluding hydrogens is 380 g/mol. The topological polar surface area (TPSA) is 52.6 Å². The highest BCUT2D eigenvalue weighted by Gasteiger charge is 2.52. The van der Waals surface area contributed by atoms with Crippen molar-refractivity contribution in [3.05, 3.63) is 34.0 Å². The Kier molecular flexibility index (Phi) is 4.78. The molecule has 0 bridgehead atoms. The number of carbonyl (C=O) groups excluding carboxylic acids is 2. The van der Waals surface area contributed by atoms with Crippen LogP contribution in [0.3, 0.4) is 0 Å². The Morgan fingerprint density at radius 2 is 1.48 bits per heavy atom. The van der Waals surface area contributed by atoms with Gasteiger partial charge in [0.05, 0.1) is 14.2 Å². The number of Topliss-reactive ketones (excluding diaryl/α,β-unsaturated/α-hetero) is 1. The van der Waals surface area contributed by atoms with E-state index in [4.69, 9.17) is 9.47 Å². The van der Waals surface area contributed by atoms with Crippen molar-refractivity contribution in [1.82, 2.24) is 0 Å². The first kappa shape index (κ1) is 21.6. The van der Waals surface area contributed by atoms with Gasteiger partial charge in [0.15, 0.2) is 11.6 Å². The summed E-state index contributed by atoms with van der Waals surface area (Å²) in [5.41, 5.74) is 2.32. The van der Waals surface area contributed by atoms with Crippen molar-refractivity contribution in [2.75, 3.05) is 14.2 Å². The highest BCUT2D eigenvalue weighted by molar-refractivity contribution is 7.03. The van der Waals surface area contributed by atoms with Crippen LogP contribution in [0.4, 0.5) is 0 Å². The van der Waals surface area contributed by atoms with E-state index >= 15 is 0 Å². The lowest BCUT2D eigenvalue weighted by molar-refractivity contribution is -0.115. The molecule has 0 aromatic heterocycles. The van der Waals surface area contributed by atoms with Crippen LogP contribution in [-0.4, -0.2) is 33.9 Å². The van der Waals surface area contributed by atoms with E-state index in [0.717, 1.165) is 22.1 Å². The Bertz CT molecular complexity index is 995. The normalized spacial score (nSPS) is 18.5. The number of ether oxygens (including phenoxy) is 2. The zero-order valence-corrected chi connectivity index (χ0v) is 20.3. The predicted molar refractivity (Wildman–Crippen MR) is 120 cm³/mol. The number of allylic oxidation sites excluding steroid dienone is 4.